The fourth-order valence-corrected chi connectivity index (χ4v) is 2.62. The largest absolute Gasteiger partial charge is 0.452 e. The zero-order valence-electron chi connectivity index (χ0n) is 14.6. The first-order valence-electron chi connectivity index (χ1n) is 7.54. The number of esters is 1. The number of carbonyl (C=O) groups excluding carboxylic acids is 2. The number of nitrogens with one attached hydrogen (secondary N) is 1. The Morgan fingerprint density at radius 3 is 2.38 bits per heavy atom. The molecule has 1 atom stereocenters. The van der Waals surface area contributed by atoms with Gasteiger partial charge in [-0.25, -0.2) is 17.5 Å². The molecule has 7 nitrogen and oxygen atoms in total. The fraction of sp³-hybridized carbons (Fsp3) is 0.500. The van der Waals surface area contributed by atoms with Gasteiger partial charge < -0.3 is 10.1 Å². The first-order valence-corrected chi connectivity index (χ1v) is 8.98. The highest BCUT2D eigenvalue weighted by Gasteiger charge is 2.20. The van der Waals surface area contributed by atoms with Gasteiger partial charge in [-0.1, -0.05) is 19.9 Å². The Labute approximate surface area is 143 Å². The highest BCUT2D eigenvalue weighted by atomic mass is 32.2. The Morgan fingerprint density at radius 2 is 1.83 bits per heavy atom. The van der Waals surface area contributed by atoms with Crippen molar-refractivity contribution in [2.45, 2.75) is 31.7 Å². The minimum absolute atomic E-state index is 0.0140. The van der Waals surface area contributed by atoms with Gasteiger partial charge in [0.2, 0.25) is 10.0 Å². The third-order valence-corrected chi connectivity index (χ3v) is 5.38. The van der Waals surface area contributed by atoms with Crippen molar-refractivity contribution in [3.63, 3.8) is 0 Å². The third kappa shape index (κ3) is 5.31. The smallest absolute Gasteiger partial charge is 0.338 e. The van der Waals surface area contributed by atoms with Crippen LogP contribution in [0.25, 0.3) is 0 Å². The van der Waals surface area contributed by atoms with Gasteiger partial charge in [0, 0.05) is 20.1 Å². The molecule has 1 amide bonds. The van der Waals surface area contributed by atoms with Gasteiger partial charge in [-0.2, -0.15) is 0 Å². The minimum atomic E-state index is -3.64. The number of nitrogens with zero attached hydrogens (tertiary/aromatic N) is 1. The van der Waals surface area contributed by atoms with Crippen LogP contribution in [-0.2, 0) is 19.6 Å². The van der Waals surface area contributed by atoms with Crippen LogP contribution in [0.4, 0.5) is 0 Å². The van der Waals surface area contributed by atoms with Crippen molar-refractivity contribution >= 4 is 21.9 Å². The molecule has 0 aliphatic rings. The van der Waals surface area contributed by atoms with Crippen molar-refractivity contribution in [3.8, 4) is 0 Å². The highest BCUT2D eigenvalue weighted by Crippen LogP contribution is 2.15. The molecule has 1 aromatic carbocycles. The molecule has 0 aliphatic carbocycles. The second-order valence-corrected chi connectivity index (χ2v) is 8.14. The quantitative estimate of drug-likeness (QED) is 0.742. The number of rotatable bonds is 7. The lowest BCUT2D eigenvalue weighted by Crippen LogP contribution is -2.38. The van der Waals surface area contributed by atoms with Crippen LogP contribution in [0.2, 0.25) is 0 Å². The van der Waals surface area contributed by atoms with E-state index < -0.39 is 28.5 Å². The molecule has 1 rings (SSSR count). The van der Waals surface area contributed by atoms with Gasteiger partial charge in [0.05, 0.1) is 10.5 Å². The van der Waals surface area contributed by atoms with Crippen LogP contribution in [0.3, 0.4) is 0 Å². The Kier molecular flexibility index (Phi) is 6.92. The van der Waals surface area contributed by atoms with Crippen LogP contribution >= 0.6 is 0 Å². The lowest BCUT2D eigenvalue weighted by Gasteiger charge is -2.17. The van der Waals surface area contributed by atoms with Crippen molar-refractivity contribution in [1.82, 2.24) is 9.62 Å². The summed E-state index contributed by atoms with van der Waals surface area (Å²) in [5.74, 6) is -0.891. The predicted octanol–water partition coefficient (Wildman–Crippen LogP) is 1.25. The molecule has 0 saturated carbocycles. The summed E-state index contributed by atoms with van der Waals surface area (Å²) in [6, 6.07) is 5.47. The second kappa shape index (κ2) is 8.25. The van der Waals surface area contributed by atoms with Crippen LogP contribution in [0, 0.1) is 5.92 Å². The van der Waals surface area contributed by atoms with E-state index in [1.807, 2.05) is 20.8 Å². The number of carbonyl (C=O) groups is 2. The standard InChI is InChI=1S/C16H24N2O5S/c1-11(2)12(3)17-15(19)10-23-16(20)13-7-6-8-14(9-13)24(21,22)18(4)5/h6-9,11-12H,10H2,1-5H3,(H,17,19). The second-order valence-electron chi connectivity index (χ2n) is 5.99. The van der Waals surface area contributed by atoms with Crippen molar-refractivity contribution in [2.24, 2.45) is 5.92 Å². The first kappa shape index (κ1) is 20.1. The average Bonchev–Trinajstić information content (AvgIpc) is 2.52. The van der Waals surface area contributed by atoms with Gasteiger partial charge >= 0.3 is 5.97 Å². The van der Waals surface area contributed by atoms with Gasteiger partial charge in [-0.05, 0) is 31.0 Å². The molecule has 134 valence electrons. The summed E-state index contributed by atoms with van der Waals surface area (Å²) in [6.07, 6.45) is 0. The molecular formula is C16H24N2O5S. The highest BCUT2D eigenvalue weighted by molar-refractivity contribution is 7.89. The van der Waals surface area contributed by atoms with E-state index in [0.717, 1.165) is 4.31 Å². The molecule has 0 bridgehead atoms. The van der Waals surface area contributed by atoms with E-state index in [1.165, 1.54) is 38.4 Å². The van der Waals surface area contributed by atoms with E-state index in [-0.39, 0.29) is 22.4 Å². The molecule has 0 saturated heterocycles. The average molecular weight is 356 g/mol. The maximum absolute atomic E-state index is 12.1. The van der Waals surface area contributed by atoms with Crippen molar-refractivity contribution in [3.05, 3.63) is 29.8 Å². The number of hydrogen-bond donors (Lipinski definition) is 1. The number of amides is 1. The van der Waals surface area contributed by atoms with E-state index in [9.17, 15) is 18.0 Å². The molecule has 0 radical (unpaired) electrons. The van der Waals surface area contributed by atoms with Gasteiger partial charge in [-0.3, -0.25) is 4.79 Å². The van der Waals surface area contributed by atoms with Crippen molar-refractivity contribution in [1.29, 1.82) is 0 Å². The number of benzene rings is 1. The number of ether oxygens (including phenoxy) is 1. The molecule has 0 aromatic heterocycles. The van der Waals surface area contributed by atoms with Gasteiger partial charge in [-0.15, -0.1) is 0 Å². The molecular weight excluding hydrogens is 332 g/mol. The zero-order valence-corrected chi connectivity index (χ0v) is 15.4. The van der Waals surface area contributed by atoms with E-state index in [0.29, 0.717) is 0 Å². The maximum atomic E-state index is 12.1. The molecule has 8 heteroatoms. The van der Waals surface area contributed by atoms with Crippen molar-refractivity contribution < 1.29 is 22.7 Å². The first-order chi connectivity index (χ1) is 11.1. The van der Waals surface area contributed by atoms with Crippen LogP contribution in [0.15, 0.2) is 29.2 Å². The summed E-state index contributed by atoms with van der Waals surface area (Å²) >= 11 is 0. The Balaban J connectivity index is 2.75. The maximum Gasteiger partial charge on any atom is 0.338 e. The van der Waals surface area contributed by atoms with Crippen LogP contribution in [0.5, 0.6) is 0 Å². The van der Waals surface area contributed by atoms with Crippen molar-refractivity contribution in [2.75, 3.05) is 20.7 Å². The molecule has 0 spiro atoms. The molecule has 0 heterocycles. The Morgan fingerprint density at radius 1 is 1.21 bits per heavy atom. The van der Waals surface area contributed by atoms with Gasteiger partial charge in [0.1, 0.15) is 0 Å². The SMILES string of the molecule is CC(C)C(C)NC(=O)COC(=O)c1cccc(S(=O)(=O)N(C)C)c1. The van der Waals surface area contributed by atoms with E-state index in [1.54, 1.807) is 0 Å². The molecule has 24 heavy (non-hydrogen) atoms. The van der Waals surface area contributed by atoms with Crippen LogP contribution < -0.4 is 5.32 Å². The molecule has 1 aromatic rings. The fourth-order valence-electron chi connectivity index (χ4n) is 1.67. The minimum Gasteiger partial charge on any atom is -0.452 e. The Bertz CT molecular complexity index is 698. The van der Waals surface area contributed by atoms with Gasteiger partial charge in [0.15, 0.2) is 6.61 Å². The summed E-state index contributed by atoms with van der Waals surface area (Å²) in [4.78, 5) is 23.7. The third-order valence-electron chi connectivity index (χ3n) is 3.57. The van der Waals surface area contributed by atoms with E-state index >= 15 is 0 Å². The summed E-state index contributed by atoms with van der Waals surface area (Å²) < 4.78 is 30.1. The Hall–Kier alpha value is -1.93. The van der Waals surface area contributed by atoms with E-state index in [4.69, 9.17) is 4.74 Å². The molecule has 1 N–H and O–H groups in total. The predicted molar refractivity (Wildman–Crippen MR) is 90.0 cm³/mol. The number of hydrogen-bond acceptors (Lipinski definition) is 5. The monoisotopic (exact) mass is 356 g/mol. The topological polar surface area (TPSA) is 92.8 Å². The summed E-state index contributed by atoms with van der Waals surface area (Å²) in [6.45, 7) is 5.38. The summed E-state index contributed by atoms with van der Waals surface area (Å²) in [5, 5.41) is 2.72. The summed E-state index contributed by atoms with van der Waals surface area (Å²) in [7, 11) is -0.837. The molecule has 0 aliphatic heterocycles. The molecule has 1 unspecified atom stereocenters. The van der Waals surface area contributed by atoms with Crippen LogP contribution in [0.1, 0.15) is 31.1 Å². The normalized spacial score (nSPS) is 13.0. The zero-order chi connectivity index (χ0) is 18.5. The lowest BCUT2D eigenvalue weighted by molar-refractivity contribution is -0.125. The van der Waals surface area contributed by atoms with Crippen LogP contribution in [-0.4, -0.2) is 51.3 Å². The van der Waals surface area contributed by atoms with Gasteiger partial charge in [0.25, 0.3) is 5.91 Å². The number of sulfonamides is 1. The summed E-state index contributed by atoms with van der Waals surface area (Å²) in [5.41, 5.74) is 0.0719. The van der Waals surface area contributed by atoms with E-state index in [2.05, 4.69) is 5.32 Å². The molecule has 0 fully saturated rings. The lowest BCUT2D eigenvalue weighted by atomic mass is 10.1.